The minimum absolute atomic E-state index is 0. The van der Waals surface area contributed by atoms with E-state index in [1.54, 1.807) is 26.0 Å². The molecule has 2 aromatic heterocycles. The van der Waals surface area contributed by atoms with Crippen LogP contribution in [0.3, 0.4) is 0 Å². The molecule has 37 heavy (non-hydrogen) atoms. The fourth-order valence-corrected chi connectivity index (χ4v) is 4.64. The van der Waals surface area contributed by atoms with Crippen LogP contribution >= 0.6 is 0 Å². The summed E-state index contributed by atoms with van der Waals surface area (Å²) in [6.45, 7) is 4.31. The maximum absolute atomic E-state index is 11.1. The summed E-state index contributed by atoms with van der Waals surface area (Å²) >= 11 is 0. The van der Waals surface area contributed by atoms with Crippen LogP contribution in [0.1, 0.15) is 16.9 Å². The largest absolute Gasteiger partial charge is 0.460 e. The molecule has 0 amide bonds. The molecule has 0 unspecified atom stereocenters. The highest BCUT2D eigenvalue weighted by molar-refractivity contribution is 7.90. The van der Waals surface area contributed by atoms with Crippen molar-refractivity contribution in [1.29, 1.82) is 0 Å². The lowest BCUT2D eigenvalue weighted by Gasteiger charge is -2.03. The summed E-state index contributed by atoms with van der Waals surface area (Å²) in [6, 6.07) is 14.2. The Balaban J connectivity index is 0.000000314. The van der Waals surface area contributed by atoms with Gasteiger partial charge in [-0.15, -0.1) is 0 Å². The van der Waals surface area contributed by atoms with Crippen molar-refractivity contribution in [2.45, 2.75) is 25.3 Å². The van der Waals surface area contributed by atoms with E-state index < -0.39 is 20.0 Å². The molecule has 13 heteroatoms. The summed E-state index contributed by atoms with van der Waals surface area (Å²) in [5.74, 6) is 1.97. The van der Waals surface area contributed by atoms with Crippen molar-refractivity contribution >= 4 is 36.7 Å². The first-order valence-corrected chi connectivity index (χ1v) is 14.4. The zero-order chi connectivity index (χ0) is 26.5. The molecule has 4 aromatic rings. The first-order valence-electron chi connectivity index (χ1n) is 10.9. The van der Waals surface area contributed by atoms with E-state index in [1.165, 1.54) is 18.6 Å². The number of nitrogens with two attached hydrogens (primary N) is 1. The van der Waals surface area contributed by atoms with Gasteiger partial charge in [0.15, 0.2) is 0 Å². The van der Waals surface area contributed by atoms with Gasteiger partial charge in [-0.2, -0.15) is 8.42 Å². The lowest BCUT2D eigenvalue weighted by atomic mass is 10.1. The summed E-state index contributed by atoms with van der Waals surface area (Å²) in [5.41, 5.74) is 8.99. The Hall–Kier alpha value is -3.36. The number of furan rings is 1. The Bertz CT molecular complexity index is 1580. The molecule has 0 atom stereocenters. The molecule has 0 aliphatic rings. The van der Waals surface area contributed by atoms with E-state index in [-0.39, 0.29) is 16.1 Å². The molecule has 0 saturated carbocycles. The normalized spacial score (nSPS) is 11.5. The van der Waals surface area contributed by atoms with E-state index in [9.17, 15) is 16.8 Å². The number of hydrogen-bond donors (Lipinski definition) is 3. The molecular formula is C24H30N4O7S2. The van der Waals surface area contributed by atoms with Gasteiger partial charge in [-0.25, -0.2) is 18.4 Å². The van der Waals surface area contributed by atoms with Gasteiger partial charge in [0, 0.05) is 23.8 Å². The number of nitrogens with zero attached hydrogens (tertiary/aromatic N) is 2. The van der Waals surface area contributed by atoms with Crippen molar-refractivity contribution < 1.29 is 31.3 Å². The van der Waals surface area contributed by atoms with Crippen molar-refractivity contribution in [3.8, 4) is 11.3 Å². The number of sulfone groups is 1. The molecule has 0 aliphatic heterocycles. The van der Waals surface area contributed by atoms with Crippen LogP contribution in [0.25, 0.3) is 22.2 Å². The quantitative estimate of drug-likeness (QED) is 0.227. The predicted molar refractivity (Wildman–Crippen MR) is 142 cm³/mol. The SMILES string of the molecule is CS(=O)(=O)CCNCc1ccc(-c2ccc3ncnc(N)c3c2)o1.Cc1cccc(S(=O)(=O)O)c1C.O. The van der Waals surface area contributed by atoms with Gasteiger partial charge in [-0.3, -0.25) is 4.55 Å². The van der Waals surface area contributed by atoms with Gasteiger partial charge < -0.3 is 20.9 Å². The average molecular weight is 551 g/mol. The van der Waals surface area contributed by atoms with Gasteiger partial charge in [0.05, 0.1) is 22.7 Å². The first kappa shape index (κ1) is 29.9. The molecule has 11 nitrogen and oxygen atoms in total. The number of hydrogen-bond acceptors (Lipinski definition) is 9. The second-order valence-electron chi connectivity index (χ2n) is 8.24. The van der Waals surface area contributed by atoms with Gasteiger partial charge in [-0.1, -0.05) is 12.1 Å². The zero-order valence-corrected chi connectivity index (χ0v) is 22.2. The second kappa shape index (κ2) is 12.3. The number of rotatable bonds is 7. The molecule has 0 bridgehead atoms. The molecule has 4 rings (SSSR count). The van der Waals surface area contributed by atoms with Gasteiger partial charge >= 0.3 is 0 Å². The molecular weight excluding hydrogens is 520 g/mol. The van der Waals surface area contributed by atoms with Crippen LogP contribution in [-0.4, -0.2) is 55.4 Å². The molecule has 2 heterocycles. The third-order valence-electron chi connectivity index (χ3n) is 5.39. The van der Waals surface area contributed by atoms with E-state index in [0.29, 0.717) is 30.2 Å². The topological polar surface area (TPSA) is 197 Å². The highest BCUT2D eigenvalue weighted by atomic mass is 32.2. The average Bonchev–Trinajstić information content (AvgIpc) is 3.27. The number of aromatic nitrogens is 2. The van der Waals surface area contributed by atoms with E-state index in [4.69, 9.17) is 14.7 Å². The van der Waals surface area contributed by atoms with Gasteiger partial charge in [0.1, 0.15) is 33.5 Å². The lowest BCUT2D eigenvalue weighted by Crippen LogP contribution is -2.21. The van der Waals surface area contributed by atoms with Crippen LogP contribution in [-0.2, 0) is 26.5 Å². The molecule has 0 aliphatic carbocycles. The van der Waals surface area contributed by atoms with Crippen LogP contribution in [0.15, 0.2) is 64.2 Å². The number of benzene rings is 2. The fourth-order valence-electron chi connectivity index (χ4n) is 3.33. The van der Waals surface area contributed by atoms with Crippen molar-refractivity contribution in [2.75, 3.05) is 24.3 Å². The summed E-state index contributed by atoms with van der Waals surface area (Å²) in [6.07, 6.45) is 2.65. The maximum atomic E-state index is 11.1. The Kier molecular flexibility index (Phi) is 9.89. The molecule has 0 radical (unpaired) electrons. The number of anilines is 1. The van der Waals surface area contributed by atoms with E-state index in [0.717, 1.165) is 27.8 Å². The van der Waals surface area contributed by atoms with Gasteiger partial charge in [0.25, 0.3) is 10.1 Å². The van der Waals surface area contributed by atoms with Crippen molar-refractivity contribution in [3.63, 3.8) is 0 Å². The number of fused-ring (bicyclic) bond motifs is 1. The highest BCUT2D eigenvalue weighted by Gasteiger charge is 2.13. The first-order chi connectivity index (χ1) is 16.8. The monoisotopic (exact) mass is 550 g/mol. The fraction of sp³-hybridized carbons (Fsp3) is 0.250. The number of nitrogens with one attached hydrogen (secondary N) is 1. The Morgan fingerprint density at radius 3 is 2.41 bits per heavy atom. The lowest BCUT2D eigenvalue weighted by molar-refractivity contribution is 0.482. The van der Waals surface area contributed by atoms with Gasteiger partial charge in [0.2, 0.25) is 0 Å². The van der Waals surface area contributed by atoms with E-state index in [2.05, 4.69) is 15.3 Å². The van der Waals surface area contributed by atoms with E-state index >= 15 is 0 Å². The minimum Gasteiger partial charge on any atom is -0.460 e. The minimum atomic E-state index is -4.06. The van der Waals surface area contributed by atoms with Crippen molar-refractivity contribution in [1.82, 2.24) is 15.3 Å². The highest BCUT2D eigenvalue weighted by Crippen LogP contribution is 2.27. The van der Waals surface area contributed by atoms with Crippen LogP contribution < -0.4 is 11.1 Å². The summed E-state index contributed by atoms with van der Waals surface area (Å²) in [4.78, 5) is 8.15. The van der Waals surface area contributed by atoms with Crippen molar-refractivity contribution in [3.05, 3.63) is 71.7 Å². The molecule has 200 valence electrons. The maximum Gasteiger partial charge on any atom is 0.294 e. The molecule has 0 saturated heterocycles. The summed E-state index contributed by atoms with van der Waals surface area (Å²) in [7, 11) is -7.01. The molecule has 6 N–H and O–H groups in total. The van der Waals surface area contributed by atoms with Gasteiger partial charge in [-0.05, 0) is 61.4 Å². The van der Waals surface area contributed by atoms with Crippen LogP contribution in [0.5, 0.6) is 0 Å². The number of nitrogen functional groups attached to an aromatic ring is 1. The Labute approximate surface area is 215 Å². The molecule has 2 aromatic carbocycles. The Morgan fingerprint density at radius 2 is 1.76 bits per heavy atom. The molecule has 0 fully saturated rings. The third kappa shape index (κ3) is 8.33. The van der Waals surface area contributed by atoms with Crippen molar-refractivity contribution in [2.24, 2.45) is 0 Å². The zero-order valence-electron chi connectivity index (χ0n) is 20.6. The smallest absolute Gasteiger partial charge is 0.294 e. The predicted octanol–water partition coefficient (Wildman–Crippen LogP) is 2.33. The van der Waals surface area contributed by atoms with Crippen LogP contribution in [0.2, 0.25) is 0 Å². The standard InChI is InChI=1S/C16H18N4O3S.C8H10O3S.H2O/c1-24(21,22)7-6-18-9-12-3-5-15(23-12)11-2-4-14-13(8-11)16(17)20-10-19-14;1-6-4-3-5-8(7(6)2)12(9,10)11;/h2-5,8,10,18H,6-7,9H2,1H3,(H2,17,19,20);3-5H,1-2H3,(H,9,10,11);1H2. The summed E-state index contributed by atoms with van der Waals surface area (Å²) in [5, 5.41) is 3.83. The third-order valence-corrected chi connectivity index (χ3v) is 7.34. The van der Waals surface area contributed by atoms with Crippen LogP contribution in [0.4, 0.5) is 5.82 Å². The Morgan fingerprint density at radius 1 is 1.03 bits per heavy atom. The summed E-state index contributed by atoms with van der Waals surface area (Å²) < 4.78 is 58.3. The van der Waals surface area contributed by atoms with E-state index in [1.807, 2.05) is 30.3 Å². The van der Waals surface area contributed by atoms with Crippen LogP contribution in [0, 0.1) is 13.8 Å². The molecule has 0 spiro atoms. The number of aryl methyl sites for hydroxylation is 1. The second-order valence-corrected chi connectivity index (χ2v) is 11.9.